The van der Waals surface area contributed by atoms with Gasteiger partial charge in [0.15, 0.2) is 11.6 Å². The smallest absolute Gasteiger partial charge is 0.182 e. The predicted molar refractivity (Wildman–Crippen MR) is 73.4 cm³/mol. The van der Waals surface area contributed by atoms with Crippen LogP contribution in [0.5, 0.6) is 0 Å². The van der Waals surface area contributed by atoms with Crippen molar-refractivity contribution in [2.24, 2.45) is 0 Å². The molecule has 5 nitrogen and oxygen atoms in total. The highest BCUT2D eigenvalue weighted by Crippen LogP contribution is 2.11. The lowest BCUT2D eigenvalue weighted by atomic mass is 10.00. The molecule has 0 fully saturated rings. The van der Waals surface area contributed by atoms with E-state index in [1.54, 1.807) is 0 Å². The second kappa shape index (κ2) is 9.34. The molecule has 0 aromatic heterocycles. The Labute approximate surface area is 118 Å². The van der Waals surface area contributed by atoms with Crippen molar-refractivity contribution in [2.75, 3.05) is 26.4 Å². The Morgan fingerprint density at radius 3 is 2.45 bits per heavy atom. The fraction of sp³-hybridized carbons (Fsp3) is 0.533. The van der Waals surface area contributed by atoms with Crippen LogP contribution in [0.15, 0.2) is 23.8 Å². The van der Waals surface area contributed by atoms with Gasteiger partial charge in [-0.25, -0.2) is 0 Å². The average Bonchev–Trinajstić information content (AvgIpc) is 2.40. The Hall–Kier alpha value is -1.59. The molecule has 1 aliphatic carbocycles. The minimum atomic E-state index is -0.139. The number of allylic oxidation sites excluding steroid dienone is 4. The third kappa shape index (κ3) is 7.11. The van der Waals surface area contributed by atoms with E-state index in [1.807, 2.05) is 0 Å². The number of carbonyl (C=O) groups excluding carboxylic acids is 3. The van der Waals surface area contributed by atoms with Crippen molar-refractivity contribution in [2.45, 2.75) is 26.2 Å². The van der Waals surface area contributed by atoms with Crippen LogP contribution in [0, 0.1) is 0 Å². The molecule has 1 aliphatic rings. The average molecular weight is 280 g/mol. The molecule has 0 amide bonds. The monoisotopic (exact) mass is 280 g/mol. The number of carbonyl (C=O) groups is 3. The van der Waals surface area contributed by atoms with E-state index in [2.05, 4.69) is 0 Å². The molecule has 20 heavy (non-hydrogen) atoms. The van der Waals surface area contributed by atoms with E-state index in [-0.39, 0.29) is 17.3 Å². The highest BCUT2D eigenvalue weighted by molar-refractivity contribution is 6.17. The molecule has 0 aromatic carbocycles. The summed E-state index contributed by atoms with van der Waals surface area (Å²) in [6.07, 6.45) is 5.62. The van der Waals surface area contributed by atoms with Crippen LogP contribution in [0.25, 0.3) is 0 Å². The molecule has 0 radical (unpaired) electrons. The molecule has 1 rings (SSSR count). The van der Waals surface area contributed by atoms with Crippen LogP contribution in [0.4, 0.5) is 0 Å². The van der Waals surface area contributed by atoms with Gasteiger partial charge >= 0.3 is 0 Å². The van der Waals surface area contributed by atoms with Crippen LogP contribution < -0.4 is 0 Å². The van der Waals surface area contributed by atoms with E-state index in [0.717, 1.165) is 0 Å². The van der Waals surface area contributed by atoms with Gasteiger partial charge in [-0.05, 0) is 38.0 Å². The van der Waals surface area contributed by atoms with Crippen LogP contribution in [0.2, 0.25) is 0 Å². The molecule has 0 heterocycles. The van der Waals surface area contributed by atoms with Crippen LogP contribution >= 0.6 is 0 Å². The molecule has 0 N–H and O–H groups in total. The maximum absolute atomic E-state index is 11.4. The van der Waals surface area contributed by atoms with Crippen molar-refractivity contribution >= 4 is 17.3 Å². The summed E-state index contributed by atoms with van der Waals surface area (Å²) in [6, 6.07) is 0. The molecule has 110 valence electrons. The summed E-state index contributed by atoms with van der Waals surface area (Å²) in [6.45, 7) is 3.38. The number of rotatable bonds is 10. The Morgan fingerprint density at radius 1 is 1.05 bits per heavy atom. The van der Waals surface area contributed by atoms with Crippen molar-refractivity contribution in [1.29, 1.82) is 0 Å². The van der Waals surface area contributed by atoms with Crippen molar-refractivity contribution in [3.05, 3.63) is 23.8 Å². The van der Waals surface area contributed by atoms with Crippen LogP contribution in [0.3, 0.4) is 0 Å². The highest BCUT2D eigenvalue weighted by Gasteiger charge is 2.12. The standard InChI is InChI=1S/C15H20O5/c1-12(16)6-8-20-10-9-19-7-2-3-13-11-14(17)4-5-15(13)18/h4-5,11H,2-3,6-10H2,1H3. The summed E-state index contributed by atoms with van der Waals surface area (Å²) in [5.41, 5.74) is 0.541. The quantitative estimate of drug-likeness (QED) is 0.447. The largest absolute Gasteiger partial charge is 0.379 e. The summed E-state index contributed by atoms with van der Waals surface area (Å²) in [5, 5.41) is 0. The lowest BCUT2D eigenvalue weighted by Crippen LogP contribution is -2.10. The van der Waals surface area contributed by atoms with E-state index in [0.29, 0.717) is 51.3 Å². The van der Waals surface area contributed by atoms with E-state index >= 15 is 0 Å². The lowest BCUT2D eigenvalue weighted by molar-refractivity contribution is -0.118. The summed E-state index contributed by atoms with van der Waals surface area (Å²) in [4.78, 5) is 33.2. The molecular formula is C15H20O5. The van der Waals surface area contributed by atoms with Gasteiger partial charge in [0.2, 0.25) is 0 Å². The second-order valence-electron chi connectivity index (χ2n) is 4.55. The first kappa shape index (κ1) is 16.5. The molecule has 0 aliphatic heterocycles. The Bertz CT molecular complexity index is 420. The summed E-state index contributed by atoms with van der Waals surface area (Å²) >= 11 is 0. The topological polar surface area (TPSA) is 69.7 Å². The normalized spacial score (nSPS) is 14.6. The van der Waals surface area contributed by atoms with Crippen LogP contribution in [-0.4, -0.2) is 43.8 Å². The second-order valence-corrected chi connectivity index (χ2v) is 4.55. The first-order valence-electron chi connectivity index (χ1n) is 6.71. The van der Waals surface area contributed by atoms with Crippen LogP contribution in [-0.2, 0) is 23.9 Å². The lowest BCUT2D eigenvalue weighted by Gasteiger charge is -2.07. The number of ketones is 3. The van der Waals surface area contributed by atoms with E-state index in [4.69, 9.17) is 9.47 Å². The minimum absolute atomic E-state index is 0.0998. The highest BCUT2D eigenvalue weighted by atomic mass is 16.5. The number of Topliss-reactive ketones (excluding diaryl/α,β-unsaturated/α-hetero) is 1. The molecule has 0 saturated heterocycles. The summed E-state index contributed by atoms with van der Waals surface area (Å²) in [5.74, 6) is -0.128. The SMILES string of the molecule is CC(=O)CCOCCOCCCC1=CC(=O)C=CC1=O. The first-order valence-corrected chi connectivity index (χ1v) is 6.71. The van der Waals surface area contributed by atoms with Gasteiger partial charge in [-0.15, -0.1) is 0 Å². The van der Waals surface area contributed by atoms with Crippen molar-refractivity contribution in [3.8, 4) is 0 Å². The van der Waals surface area contributed by atoms with Gasteiger partial charge in [-0.2, -0.15) is 0 Å². The van der Waals surface area contributed by atoms with Gasteiger partial charge in [0.05, 0.1) is 19.8 Å². The molecule has 0 unspecified atom stereocenters. The molecule has 0 saturated carbocycles. The zero-order valence-corrected chi connectivity index (χ0v) is 11.7. The first-order chi connectivity index (χ1) is 9.59. The van der Waals surface area contributed by atoms with Crippen molar-refractivity contribution in [3.63, 3.8) is 0 Å². The maximum Gasteiger partial charge on any atom is 0.182 e. The van der Waals surface area contributed by atoms with Crippen LogP contribution in [0.1, 0.15) is 26.2 Å². The number of hydrogen-bond acceptors (Lipinski definition) is 5. The summed E-state index contributed by atoms with van der Waals surface area (Å²) < 4.78 is 10.5. The van der Waals surface area contributed by atoms with Crippen molar-refractivity contribution < 1.29 is 23.9 Å². The third-order valence-corrected chi connectivity index (χ3v) is 2.74. The fourth-order valence-electron chi connectivity index (χ4n) is 1.65. The maximum atomic E-state index is 11.4. The third-order valence-electron chi connectivity index (χ3n) is 2.74. The molecule has 0 aromatic rings. The fourth-order valence-corrected chi connectivity index (χ4v) is 1.65. The van der Waals surface area contributed by atoms with Gasteiger partial charge in [0, 0.05) is 18.6 Å². The molecule has 5 heteroatoms. The van der Waals surface area contributed by atoms with Gasteiger partial charge in [-0.3, -0.25) is 14.4 Å². The zero-order chi connectivity index (χ0) is 14.8. The Balaban J connectivity index is 1.98. The molecule has 0 bridgehead atoms. The summed E-state index contributed by atoms with van der Waals surface area (Å²) in [7, 11) is 0. The van der Waals surface area contributed by atoms with Gasteiger partial charge < -0.3 is 9.47 Å². The van der Waals surface area contributed by atoms with Crippen molar-refractivity contribution in [1.82, 2.24) is 0 Å². The number of hydrogen-bond donors (Lipinski definition) is 0. The Kier molecular flexibility index (Phi) is 7.69. The Morgan fingerprint density at radius 2 is 1.75 bits per heavy atom. The van der Waals surface area contributed by atoms with Gasteiger partial charge in [0.1, 0.15) is 5.78 Å². The molecule has 0 spiro atoms. The molecular weight excluding hydrogens is 260 g/mol. The van der Waals surface area contributed by atoms with E-state index in [9.17, 15) is 14.4 Å². The van der Waals surface area contributed by atoms with Gasteiger partial charge in [-0.1, -0.05) is 0 Å². The van der Waals surface area contributed by atoms with E-state index < -0.39 is 0 Å². The molecule has 0 atom stereocenters. The van der Waals surface area contributed by atoms with E-state index in [1.165, 1.54) is 25.2 Å². The zero-order valence-electron chi connectivity index (χ0n) is 11.7. The number of ether oxygens (including phenoxy) is 2. The predicted octanol–water partition coefficient (Wildman–Crippen LogP) is 1.41. The van der Waals surface area contributed by atoms with Gasteiger partial charge in [0.25, 0.3) is 0 Å². The minimum Gasteiger partial charge on any atom is -0.379 e.